The van der Waals surface area contributed by atoms with Gasteiger partial charge in [-0.2, -0.15) is 0 Å². The Kier molecular flexibility index (Phi) is 7.21. The number of rotatable bonds is 8. The highest BCUT2D eigenvalue weighted by atomic mass is 16.5. The molecule has 0 saturated carbocycles. The maximum Gasteiger partial charge on any atom is 0.310 e. The average Bonchev–Trinajstić information content (AvgIpc) is 2.67. The van der Waals surface area contributed by atoms with E-state index in [0.717, 1.165) is 12.0 Å². The van der Waals surface area contributed by atoms with Crippen LogP contribution in [0.3, 0.4) is 0 Å². The van der Waals surface area contributed by atoms with Crippen molar-refractivity contribution in [2.45, 2.75) is 13.3 Å². The van der Waals surface area contributed by atoms with Crippen molar-refractivity contribution in [3.05, 3.63) is 65.7 Å². The third kappa shape index (κ3) is 5.62. The number of carbonyl (C=O) groups excluding carboxylic acids is 2. The predicted octanol–water partition coefficient (Wildman–Crippen LogP) is 2.92. The molecular formula is C21H25NO4. The lowest BCUT2D eigenvalue weighted by Gasteiger charge is -2.21. The Morgan fingerprint density at radius 1 is 1.04 bits per heavy atom. The molecule has 26 heavy (non-hydrogen) atoms. The topological polar surface area (TPSA) is 55.8 Å². The van der Waals surface area contributed by atoms with Gasteiger partial charge in [0, 0.05) is 20.0 Å². The summed E-state index contributed by atoms with van der Waals surface area (Å²) < 4.78 is 10.4. The van der Waals surface area contributed by atoms with E-state index in [4.69, 9.17) is 4.74 Å². The fourth-order valence-corrected chi connectivity index (χ4v) is 2.64. The van der Waals surface area contributed by atoms with Crippen LogP contribution in [-0.4, -0.2) is 44.1 Å². The molecule has 0 heterocycles. The first-order chi connectivity index (χ1) is 12.5. The minimum atomic E-state index is -0.376. The van der Waals surface area contributed by atoms with E-state index in [2.05, 4.69) is 16.9 Å². The summed E-state index contributed by atoms with van der Waals surface area (Å²) in [4.78, 5) is 25.2. The number of hydrogen-bond donors (Lipinski definition) is 0. The zero-order valence-corrected chi connectivity index (χ0v) is 15.5. The molecule has 0 N–H and O–H groups in total. The minimum Gasteiger partial charge on any atom is -0.483 e. The molecule has 138 valence electrons. The predicted molar refractivity (Wildman–Crippen MR) is 100 cm³/mol. The normalized spacial score (nSPS) is 11.5. The molecule has 2 rings (SSSR count). The average molecular weight is 355 g/mol. The highest BCUT2D eigenvalue weighted by molar-refractivity contribution is 5.79. The summed E-state index contributed by atoms with van der Waals surface area (Å²) >= 11 is 0. The van der Waals surface area contributed by atoms with E-state index in [1.165, 1.54) is 17.6 Å². The molecule has 1 amide bonds. The maximum atomic E-state index is 12.3. The lowest BCUT2D eigenvalue weighted by atomic mass is 10.0. The maximum absolute atomic E-state index is 12.3. The van der Waals surface area contributed by atoms with Crippen LogP contribution < -0.4 is 4.74 Å². The van der Waals surface area contributed by atoms with Gasteiger partial charge in [0.25, 0.3) is 5.91 Å². The van der Waals surface area contributed by atoms with Crippen molar-refractivity contribution >= 4 is 11.9 Å². The van der Waals surface area contributed by atoms with Crippen molar-refractivity contribution in [2.75, 3.05) is 27.3 Å². The SMILES string of the molecule is COC(=O)C(C)CN(C)C(=O)COc1ccccc1Cc1ccccc1. The van der Waals surface area contributed by atoms with Crippen molar-refractivity contribution < 1.29 is 19.1 Å². The molecule has 2 aromatic carbocycles. The van der Waals surface area contributed by atoms with Gasteiger partial charge in [-0.1, -0.05) is 55.5 Å². The molecule has 0 fully saturated rings. The number of esters is 1. The van der Waals surface area contributed by atoms with Crippen LogP contribution in [0.1, 0.15) is 18.1 Å². The van der Waals surface area contributed by atoms with Crippen molar-refractivity contribution in [3.8, 4) is 5.75 Å². The van der Waals surface area contributed by atoms with Crippen molar-refractivity contribution in [2.24, 2.45) is 5.92 Å². The van der Waals surface area contributed by atoms with Crippen LogP contribution in [-0.2, 0) is 20.7 Å². The molecule has 2 aromatic rings. The summed E-state index contributed by atoms with van der Waals surface area (Å²) in [5, 5.41) is 0. The van der Waals surface area contributed by atoms with Crippen molar-refractivity contribution in [1.29, 1.82) is 0 Å². The first-order valence-corrected chi connectivity index (χ1v) is 8.57. The monoisotopic (exact) mass is 355 g/mol. The van der Waals surface area contributed by atoms with Gasteiger partial charge in [-0.05, 0) is 17.2 Å². The summed E-state index contributed by atoms with van der Waals surface area (Å²) in [7, 11) is 2.99. The first-order valence-electron chi connectivity index (χ1n) is 8.57. The Labute approximate surface area is 154 Å². The molecule has 0 aromatic heterocycles. The number of para-hydroxylation sites is 1. The second-order valence-corrected chi connectivity index (χ2v) is 6.26. The quantitative estimate of drug-likeness (QED) is 0.683. The summed E-state index contributed by atoms with van der Waals surface area (Å²) in [6.07, 6.45) is 0.737. The number of benzene rings is 2. The first kappa shape index (κ1) is 19.5. The second kappa shape index (κ2) is 9.61. The van der Waals surface area contributed by atoms with Crippen molar-refractivity contribution in [1.82, 2.24) is 4.90 Å². The summed E-state index contributed by atoms with van der Waals surface area (Å²) in [6.45, 7) is 1.95. The van der Waals surface area contributed by atoms with E-state index in [-0.39, 0.29) is 24.4 Å². The molecule has 0 aliphatic heterocycles. The van der Waals surface area contributed by atoms with E-state index in [0.29, 0.717) is 12.3 Å². The largest absolute Gasteiger partial charge is 0.483 e. The minimum absolute atomic E-state index is 0.0732. The fourth-order valence-electron chi connectivity index (χ4n) is 2.64. The molecule has 5 nitrogen and oxygen atoms in total. The van der Waals surface area contributed by atoms with Gasteiger partial charge in [0.15, 0.2) is 6.61 Å². The van der Waals surface area contributed by atoms with E-state index in [1.807, 2.05) is 42.5 Å². The summed E-state index contributed by atoms with van der Waals surface area (Å²) in [6, 6.07) is 17.8. The molecule has 0 spiro atoms. The molecule has 1 atom stereocenters. The lowest BCUT2D eigenvalue weighted by molar-refractivity contribution is -0.146. The van der Waals surface area contributed by atoms with Crippen LogP contribution >= 0.6 is 0 Å². The Bertz CT molecular complexity index is 730. The van der Waals surface area contributed by atoms with Gasteiger partial charge >= 0.3 is 5.97 Å². The summed E-state index contributed by atoms with van der Waals surface area (Å²) in [5.41, 5.74) is 2.20. The number of ether oxygens (including phenoxy) is 2. The Hall–Kier alpha value is -2.82. The smallest absolute Gasteiger partial charge is 0.310 e. The van der Waals surface area contributed by atoms with E-state index >= 15 is 0 Å². The number of methoxy groups -OCH3 is 1. The zero-order chi connectivity index (χ0) is 18.9. The van der Waals surface area contributed by atoms with Crippen LogP contribution in [0, 0.1) is 5.92 Å². The summed E-state index contributed by atoms with van der Waals surface area (Å²) in [5.74, 6) is -0.201. The van der Waals surface area contributed by atoms with Gasteiger partial charge in [-0.15, -0.1) is 0 Å². The molecule has 5 heteroatoms. The van der Waals surface area contributed by atoms with Gasteiger partial charge < -0.3 is 14.4 Å². The number of nitrogens with zero attached hydrogens (tertiary/aromatic N) is 1. The Morgan fingerprint density at radius 2 is 1.69 bits per heavy atom. The third-order valence-corrected chi connectivity index (χ3v) is 4.14. The van der Waals surface area contributed by atoms with Crippen LogP contribution in [0.15, 0.2) is 54.6 Å². The Morgan fingerprint density at radius 3 is 2.38 bits per heavy atom. The van der Waals surface area contributed by atoms with E-state index < -0.39 is 0 Å². The number of hydrogen-bond acceptors (Lipinski definition) is 4. The van der Waals surface area contributed by atoms with Gasteiger partial charge in [-0.25, -0.2) is 0 Å². The number of carbonyl (C=O) groups is 2. The van der Waals surface area contributed by atoms with Gasteiger partial charge in [0.05, 0.1) is 13.0 Å². The van der Waals surface area contributed by atoms with Crippen LogP contribution in [0.4, 0.5) is 0 Å². The second-order valence-electron chi connectivity index (χ2n) is 6.26. The highest BCUT2D eigenvalue weighted by Gasteiger charge is 2.19. The molecular weight excluding hydrogens is 330 g/mol. The fraction of sp³-hybridized carbons (Fsp3) is 0.333. The van der Waals surface area contributed by atoms with Crippen molar-refractivity contribution in [3.63, 3.8) is 0 Å². The molecule has 0 aliphatic carbocycles. The zero-order valence-electron chi connectivity index (χ0n) is 15.5. The van der Waals surface area contributed by atoms with Gasteiger partial charge in [0.2, 0.25) is 0 Å². The molecule has 1 unspecified atom stereocenters. The highest BCUT2D eigenvalue weighted by Crippen LogP contribution is 2.21. The Balaban J connectivity index is 1.94. The van der Waals surface area contributed by atoms with E-state index in [1.54, 1.807) is 14.0 Å². The van der Waals surface area contributed by atoms with Crippen LogP contribution in [0.2, 0.25) is 0 Å². The van der Waals surface area contributed by atoms with Gasteiger partial charge in [-0.3, -0.25) is 9.59 Å². The molecule has 0 saturated heterocycles. The van der Waals surface area contributed by atoms with Crippen LogP contribution in [0.5, 0.6) is 5.75 Å². The molecule has 0 radical (unpaired) electrons. The third-order valence-electron chi connectivity index (χ3n) is 4.14. The molecule has 0 bridgehead atoms. The van der Waals surface area contributed by atoms with E-state index in [9.17, 15) is 9.59 Å². The number of likely N-dealkylation sites (N-methyl/N-ethyl adjacent to an activating group) is 1. The van der Waals surface area contributed by atoms with Crippen LogP contribution in [0.25, 0.3) is 0 Å². The van der Waals surface area contributed by atoms with Gasteiger partial charge in [0.1, 0.15) is 5.75 Å². The standard InChI is InChI=1S/C21H25NO4/c1-16(21(24)25-3)14-22(2)20(23)15-26-19-12-8-7-11-18(19)13-17-9-5-4-6-10-17/h4-12,16H,13-15H2,1-3H3. The number of amides is 1. The molecule has 0 aliphatic rings. The lowest BCUT2D eigenvalue weighted by Crippen LogP contribution is -2.37.